The molecule has 2 aromatic heterocycles. The average molecular weight is 420 g/mol. The van der Waals surface area contributed by atoms with Crippen molar-refractivity contribution in [2.24, 2.45) is 0 Å². The highest BCUT2D eigenvalue weighted by Gasteiger charge is 2.34. The smallest absolute Gasteiger partial charge is 0.326 e. The lowest BCUT2D eigenvalue weighted by molar-refractivity contribution is 0.0305. The number of para-hydroxylation sites is 2. The molecule has 1 atom stereocenters. The molecule has 1 N–H and O–H groups in total. The number of aromatic amines is 1. The summed E-state index contributed by atoms with van der Waals surface area (Å²) in [6.45, 7) is 4.68. The second-order valence-electron chi connectivity index (χ2n) is 8.86. The van der Waals surface area contributed by atoms with Crippen molar-refractivity contribution in [1.29, 1.82) is 0 Å². The zero-order valence-electron chi connectivity index (χ0n) is 17.9. The van der Waals surface area contributed by atoms with Gasteiger partial charge in [-0.1, -0.05) is 12.1 Å². The molecule has 0 bridgehead atoms. The third-order valence-electron chi connectivity index (χ3n) is 7.00. The van der Waals surface area contributed by atoms with Gasteiger partial charge in [-0.3, -0.25) is 19.2 Å². The van der Waals surface area contributed by atoms with Crippen LogP contribution in [0.25, 0.3) is 11.0 Å². The Hall–Kier alpha value is -2.93. The number of piperazine rings is 1. The van der Waals surface area contributed by atoms with Crippen LogP contribution < -0.4 is 5.69 Å². The first-order valence-corrected chi connectivity index (χ1v) is 11.3. The van der Waals surface area contributed by atoms with Crippen molar-refractivity contribution in [3.63, 3.8) is 0 Å². The van der Waals surface area contributed by atoms with Crippen molar-refractivity contribution in [2.75, 3.05) is 19.6 Å². The van der Waals surface area contributed by atoms with Crippen LogP contribution in [0.4, 0.5) is 0 Å². The molecule has 0 radical (unpaired) electrons. The summed E-state index contributed by atoms with van der Waals surface area (Å²) in [5.41, 5.74) is 2.58. The molecular weight excluding hydrogens is 390 g/mol. The molecule has 2 fully saturated rings. The molecule has 2 aliphatic rings. The molecule has 1 aliphatic heterocycles. The van der Waals surface area contributed by atoms with Gasteiger partial charge in [0.15, 0.2) is 0 Å². The minimum atomic E-state index is 0.000741. The van der Waals surface area contributed by atoms with Gasteiger partial charge in [0.05, 0.1) is 16.6 Å². The van der Waals surface area contributed by atoms with Crippen LogP contribution in [0, 0.1) is 0 Å². The number of hydrogen-bond donors (Lipinski definition) is 1. The zero-order valence-corrected chi connectivity index (χ0v) is 17.9. The van der Waals surface area contributed by atoms with E-state index in [1.807, 2.05) is 45.9 Å². The van der Waals surface area contributed by atoms with Gasteiger partial charge in [-0.15, -0.1) is 0 Å². The number of fused-ring (bicyclic) bond motifs is 1. The number of H-pyrrole nitrogens is 1. The van der Waals surface area contributed by atoms with E-state index in [-0.39, 0.29) is 23.7 Å². The second kappa shape index (κ2) is 8.30. The van der Waals surface area contributed by atoms with E-state index in [0.29, 0.717) is 11.6 Å². The van der Waals surface area contributed by atoms with E-state index < -0.39 is 0 Å². The maximum Gasteiger partial charge on any atom is 0.326 e. The first kappa shape index (κ1) is 20.0. The van der Waals surface area contributed by atoms with Gasteiger partial charge in [0.2, 0.25) is 0 Å². The molecule has 162 valence electrons. The number of nitrogens with zero attached hydrogens (tertiary/aromatic N) is 4. The number of carbonyl (C=O) groups is 1. The van der Waals surface area contributed by atoms with Crippen molar-refractivity contribution in [3.8, 4) is 0 Å². The molecule has 1 amide bonds. The third kappa shape index (κ3) is 3.78. The SMILES string of the molecule is CC1CN([C@H]2CC[C@H](n3c(=O)[nH]c4ccccc43)CC2)CCN1C(=O)c1cccnc1. The van der Waals surface area contributed by atoms with Crippen molar-refractivity contribution >= 4 is 16.9 Å². The van der Waals surface area contributed by atoms with Gasteiger partial charge in [-0.25, -0.2) is 4.79 Å². The number of imidazole rings is 1. The van der Waals surface area contributed by atoms with Gasteiger partial charge in [0, 0.05) is 50.2 Å². The Morgan fingerprint density at radius 1 is 1.03 bits per heavy atom. The van der Waals surface area contributed by atoms with Gasteiger partial charge in [0.25, 0.3) is 5.91 Å². The highest BCUT2D eigenvalue weighted by molar-refractivity contribution is 5.94. The van der Waals surface area contributed by atoms with Gasteiger partial charge in [-0.05, 0) is 56.9 Å². The van der Waals surface area contributed by atoms with Crippen LogP contribution in [-0.2, 0) is 0 Å². The maximum atomic E-state index is 12.8. The normalized spacial score (nSPS) is 25.1. The van der Waals surface area contributed by atoms with Crippen LogP contribution in [0.1, 0.15) is 49.0 Å². The number of carbonyl (C=O) groups excluding carboxylic acids is 1. The number of benzene rings is 1. The molecule has 1 saturated carbocycles. The number of pyridine rings is 1. The topological polar surface area (TPSA) is 74.2 Å². The van der Waals surface area contributed by atoms with E-state index in [1.165, 1.54) is 0 Å². The van der Waals surface area contributed by atoms with E-state index in [9.17, 15) is 9.59 Å². The third-order valence-corrected chi connectivity index (χ3v) is 7.00. The zero-order chi connectivity index (χ0) is 21.4. The van der Waals surface area contributed by atoms with E-state index in [2.05, 4.69) is 21.8 Å². The maximum absolute atomic E-state index is 12.8. The monoisotopic (exact) mass is 419 g/mol. The molecule has 0 spiro atoms. The fourth-order valence-corrected chi connectivity index (χ4v) is 5.39. The number of amides is 1. The van der Waals surface area contributed by atoms with Gasteiger partial charge >= 0.3 is 5.69 Å². The predicted molar refractivity (Wildman–Crippen MR) is 120 cm³/mol. The molecule has 1 aliphatic carbocycles. The van der Waals surface area contributed by atoms with Crippen molar-refractivity contribution in [1.82, 2.24) is 24.3 Å². The van der Waals surface area contributed by atoms with Crippen LogP contribution in [-0.4, -0.2) is 62.0 Å². The summed E-state index contributed by atoms with van der Waals surface area (Å²) < 4.78 is 1.96. The van der Waals surface area contributed by atoms with Gasteiger partial charge in [0.1, 0.15) is 0 Å². The summed E-state index contributed by atoms with van der Waals surface area (Å²) in [7, 11) is 0. The van der Waals surface area contributed by atoms with Gasteiger partial charge in [-0.2, -0.15) is 0 Å². The molecule has 3 aromatic rings. The highest BCUT2D eigenvalue weighted by Crippen LogP contribution is 2.33. The molecule has 1 saturated heterocycles. The van der Waals surface area contributed by atoms with E-state index in [0.717, 1.165) is 56.4 Å². The van der Waals surface area contributed by atoms with Crippen LogP contribution in [0.5, 0.6) is 0 Å². The largest absolute Gasteiger partial charge is 0.333 e. The summed E-state index contributed by atoms with van der Waals surface area (Å²) in [5, 5.41) is 0. The summed E-state index contributed by atoms with van der Waals surface area (Å²) in [6, 6.07) is 12.5. The van der Waals surface area contributed by atoms with E-state index in [1.54, 1.807) is 12.4 Å². The average Bonchev–Trinajstić information content (AvgIpc) is 3.15. The highest BCUT2D eigenvalue weighted by atomic mass is 16.2. The first-order valence-electron chi connectivity index (χ1n) is 11.3. The number of hydrogen-bond acceptors (Lipinski definition) is 4. The molecule has 7 nitrogen and oxygen atoms in total. The van der Waals surface area contributed by atoms with E-state index >= 15 is 0 Å². The Bertz CT molecular complexity index is 1110. The number of aromatic nitrogens is 3. The summed E-state index contributed by atoms with van der Waals surface area (Å²) in [6.07, 6.45) is 7.53. The fourth-order valence-electron chi connectivity index (χ4n) is 5.39. The van der Waals surface area contributed by atoms with Crippen molar-refractivity contribution in [2.45, 2.75) is 50.7 Å². The quantitative estimate of drug-likeness (QED) is 0.708. The summed E-state index contributed by atoms with van der Waals surface area (Å²) in [4.78, 5) is 37.0. The van der Waals surface area contributed by atoms with Crippen molar-refractivity contribution in [3.05, 3.63) is 64.8 Å². The molecule has 3 heterocycles. The Balaban J connectivity index is 1.21. The Kier molecular flexibility index (Phi) is 5.36. The lowest BCUT2D eigenvalue weighted by Gasteiger charge is -2.45. The second-order valence-corrected chi connectivity index (χ2v) is 8.86. The fraction of sp³-hybridized carbons (Fsp3) is 0.458. The Morgan fingerprint density at radius 2 is 1.81 bits per heavy atom. The van der Waals surface area contributed by atoms with Crippen LogP contribution in [0.15, 0.2) is 53.6 Å². The Labute approximate surface area is 181 Å². The van der Waals surface area contributed by atoms with Crippen LogP contribution >= 0.6 is 0 Å². The van der Waals surface area contributed by atoms with Gasteiger partial charge < -0.3 is 9.88 Å². The Morgan fingerprint density at radius 3 is 2.55 bits per heavy atom. The molecule has 7 heteroatoms. The minimum Gasteiger partial charge on any atom is -0.333 e. The lowest BCUT2D eigenvalue weighted by Crippen LogP contribution is -2.57. The summed E-state index contributed by atoms with van der Waals surface area (Å²) >= 11 is 0. The van der Waals surface area contributed by atoms with Crippen molar-refractivity contribution < 1.29 is 4.79 Å². The minimum absolute atomic E-state index is 0.000741. The number of rotatable bonds is 3. The summed E-state index contributed by atoms with van der Waals surface area (Å²) in [5.74, 6) is 0.0719. The molecule has 5 rings (SSSR count). The van der Waals surface area contributed by atoms with Crippen LogP contribution in [0.2, 0.25) is 0 Å². The van der Waals surface area contributed by atoms with E-state index in [4.69, 9.17) is 0 Å². The predicted octanol–water partition coefficient (Wildman–Crippen LogP) is 3.05. The standard InChI is InChI=1S/C24H29N5O2/c1-17-16-27(13-14-28(17)23(30)18-5-4-12-25-15-18)19-8-10-20(11-9-19)29-22-7-3-2-6-21(22)26-24(29)31/h2-7,12,15,17,19-20H,8-11,13-14,16H2,1H3,(H,26,31)/t17?,19-,20-. The molecule has 31 heavy (non-hydrogen) atoms. The molecule has 1 aromatic carbocycles. The van der Waals surface area contributed by atoms with Crippen LogP contribution in [0.3, 0.4) is 0 Å². The number of nitrogens with one attached hydrogen (secondary N) is 1. The first-order chi connectivity index (χ1) is 15.1. The lowest BCUT2D eigenvalue weighted by atomic mass is 9.89. The molecular formula is C24H29N5O2. The molecule has 1 unspecified atom stereocenters.